The van der Waals surface area contributed by atoms with Gasteiger partial charge in [-0.15, -0.1) is 0 Å². The summed E-state index contributed by atoms with van der Waals surface area (Å²) in [6.45, 7) is 0. The predicted octanol–water partition coefficient (Wildman–Crippen LogP) is 0.377. The zero-order chi connectivity index (χ0) is 9.14. The molecular weight excluding hydrogens is 369 g/mol. The first kappa shape index (κ1) is 12.0. The maximum absolute atomic E-state index is 10.3. The van der Waals surface area contributed by atoms with Crippen molar-refractivity contribution in [2.24, 2.45) is 0 Å². The van der Waals surface area contributed by atoms with Gasteiger partial charge in [-0.3, -0.25) is 10.1 Å². The fraction of sp³-hybridized carbons (Fsp3) is 0. The fourth-order valence-corrected chi connectivity index (χ4v) is 0.726. The summed E-state index contributed by atoms with van der Waals surface area (Å²) in [7, 11) is 0. The van der Waals surface area contributed by atoms with Crippen molar-refractivity contribution in [1.29, 1.82) is 0 Å². The van der Waals surface area contributed by atoms with Crippen molar-refractivity contribution in [3.8, 4) is 0 Å². The summed E-state index contributed by atoms with van der Waals surface area (Å²) in [5.74, 6) is -1.09. The van der Waals surface area contributed by atoms with Crippen molar-refractivity contribution in [1.82, 2.24) is 0 Å². The first-order valence-electron chi connectivity index (χ1n) is 3.09. The van der Waals surface area contributed by atoms with Crippen molar-refractivity contribution in [2.45, 2.75) is 0 Å². The summed E-state index contributed by atoms with van der Waals surface area (Å²) in [6, 6.07) is 4.70. The molecular formula is C7H7NO4Pb. The van der Waals surface area contributed by atoms with Crippen LogP contribution in [0.5, 0.6) is 0 Å². The van der Waals surface area contributed by atoms with Gasteiger partial charge in [-0.2, -0.15) is 0 Å². The van der Waals surface area contributed by atoms with Crippen LogP contribution < -0.4 is 0 Å². The number of carboxylic acid groups (broad SMARTS) is 1. The Morgan fingerprint density at radius 2 is 1.77 bits per heavy atom. The number of rotatable bonds is 2. The molecule has 0 aliphatic rings. The van der Waals surface area contributed by atoms with Crippen molar-refractivity contribution >= 4 is 39.0 Å². The van der Waals surface area contributed by atoms with E-state index in [1.807, 2.05) is 0 Å². The van der Waals surface area contributed by atoms with Gasteiger partial charge in [0.15, 0.2) is 0 Å². The molecule has 0 atom stereocenters. The number of aromatic carboxylic acids is 1. The quantitative estimate of drug-likeness (QED) is 0.460. The Balaban J connectivity index is 0.00000144. The van der Waals surface area contributed by atoms with Gasteiger partial charge >= 0.3 is 33.3 Å². The summed E-state index contributed by atoms with van der Waals surface area (Å²) < 4.78 is 0. The molecule has 0 heterocycles. The summed E-state index contributed by atoms with van der Waals surface area (Å²) >= 11 is 0. The Morgan fingerprint density at radius 1 is 1.31 bits per heavy atom. The minimum absolute atomic E-state index is 0. The number of hydrogen-bond acceptors (Lipinski definition) is 3. The van der Waals surface area contributed by atoms with E-state index in [-0.39, 0.29) is 38.5 Å². The van der Waals surface area contributed by atoms with Gasteiger partial charge in [0.1, 0.15) is 0 Å². The molecule has 1 aromatic carbocycles. The molecule has 1 rings (SSSR count). The summed E-state index contributed by atoms with van der Waals surface area (Å²) in [5, 5.41) is 18.6. The Labute approximate surface area is 93.7 Å². The molecule has 0 amide bonds. The van der Waals surface area contributed by atoms with E-state index in [1.54, 1.807) is 0 Å². The second kappa shape index (κ2) is 4.90. The number of carboxylic acids is 1. The molecule has 5 nitrogen and oxygen atoms in total. The summed E-state index contributed by atoms with van der Waals surface area (Å²) in [4.78, 5) is 19.9. The number of nitro benzene ring substituents is 1. The molecule has 6 heteroatoms. The third-order valence-electron chi connectivity index (χ3n) is 1.33. The number of nitrogens with zero attached hydrogens (tertiary/aromatic N) is 1. The van der Waals surface area contributed by atoms with E-state index in [4.69, 9.17) is 5.11 Å². The molecule has 0 spiro atoms. The topological polar surface area (TPSA) is 80.4 Å². The number of non-ortho nitro benzene ring substituents is 1. The number of nitro groups is 1. The third kappa shape index (κ3) is 3.09. The molecule has 0 aliphatic carbocycles. The normalized spacial score (nSPS) is 8.62. The van der Waals surface area contributed by atoms with E-state index in [0.29, 0.717) is 0 Å². The van der Waals surface area contributed by atoms with E-state index in [9.17, 15) is 14.9 Å². The van der Waals surface area contributed by atoms with Gasteiger partial charge in [-0.25, -0.2) is 4.79 Å². The maximum atomic E-state index is 10.3. The number of benzene rings is 1. The first-order valence-corrected chi connectivity index (χ1v) is 3.09. The molecule has 0 saturated carbocycles. The molecule has 0 aromatic heterocycles. The zero-order valence-corrected chi connectivity index (χ0v) is 12.1. The second-order valence-electron chi connectivity index (χ2n) is 2.11. The van der Waals surface area contributed by atoms with Crippen LogP contribution in [0.25, 0.3) is 0 Å². The zero-order valence-electron chi connectivity index (χ0n) is 6.64. The van der Waals surface area contributed by atoms with Gasteiger partial charge in [0, 0.05) is 12.1 Å². The molecule has 0 bridgehead atoms. The standard InChI is InChI=1S/C7H5NO4.Pb.2H/c9-7(10)5-1-3-6(4-2-5)8(11)12;;;/h1-4H,(H,9,10);;;. The van der Waals surface area contributed by atoms with Gasteiger partial charge in [0.2, 0.25) is 0 Å². The molecule has 0 unspecified atom stereocenters. The monoisotopic (exact) mass is 377 g/mol. The molecule has 1 aromatic rings. The number of carbonyl (C=O) groups is 1. The van der Waals surface area contributed by atoms with Crippen LogP contribution in [0.2, 0.25) is 0 Å². The van der Waals surface area contributed by atoms with Gasteiger partial charge in [0.25, 0.3) is 5.69 Å². The van der Waals surface area contributed by atoms with Crippen molar-refractivity contribution in [3.63, 3.8) is 0 Å². The van der Waals surface area contributed by atoms with Crippen LogP contribution in [0, 0.1) is 10.1 Å². The second-order valence-corrected chi connectivity index (χ2v) is 2.11. The van der Waals surface area contributed by atoms with E-state index in [1.165, 1.54) is 12.1 Å². The van der Waals surface area contributed by atoms with Gasteiger partial charge in [-0.1, -0.05) is 0 Å². The Hall–Kier alpha value is -0.988. The molecule has 13 heavy (non-hydrogen) atoms. The average Bonchev–Trinajstić information content (AvgIpc) is 2.04. The van der Waals surface area contributed by atoms with E-state index in [2.05, 4.69) is 0 Å². The van der Waals surface area contributed by atoms with Crippen LogP contribution in [-0.2, 0) is 0 Å². The van der Waals surface area contributed by atoms with Crippen molar-refractivity contribution < 1.29 is 14.8 Å². The Kier molecular flexibility index (Phi) is 4.53. The van der Waals surface area contributed by atoms with Crippen LogP contribution in [0.4, 0.5) is 5.69 Å². The van der Waals surface area contributed by atoms with Crippen LogP contribution in [0.1, 0.15) is 10.4 Å². The van der Waals surface area contributed by atoms with Crippen molar-refractivity contribution in [3.05, 3.63) is 39.9 Å². The molecule has 0 saturated heterocycles. The summed E-state index contributed by atoms with van der Waals surface area (Å²) in [6.07, 6.45) is 0. The summed E-state index contributed by atoms with van der Waals surface area (Å²) in [5.41, 5.74) is -0.0689. The van der Waals surface area contributed by atoms with Gasteiger partial charge < -0.3 is 5.11 Å². The van der Waals surface area contributed by atoms with Crippen LogP contribution >= 0.6 is 0 Å². The minimum atomic E-state index is -1.09. The van der Waals surface area contributed by atoms with Gasteiger partial charge in [-0.05, 0) is 12.1 Å². The molecule has 68 valence electrons. The average molecular weight is 376 g/mol. The van der Waals surface area contributed by atoms with E-state index < -0.39 is 10.9 Å². The fourth-order valence-electron chi connectivity index (χ4n) is 0.726. The SMILES string of the molecule is O=C(O)c1ccc([N+](=O)[O-])cc1.[PbH2]. The Bertz CT molecular complexity index is 289. The third-order valence-corrected chi connectivity index (χ3v) is 1.33. The van der Waals surface area contributed by atoms with Crippen molar-refractivity contribution in [2.75, 3.05) is 0 Å². The van der Waals surface area contributed by atoms with Crippen LogP contribution in [0.15, 0.2) is 24.3 Å². The number of hydrogen-bond donors (Lipinski definition) is 1. The molecule has 1 N–H and O–H groups in total. The van der Waals surface area contributed by atoms with Gasteiger partial charge in [0.05, 0.1) is 10.5 Å². The molecule has 0 aliphatic heterocycles. The van der Waals surface area contributed by atoms with E-state index in [0.717, 1.165) is 12.1 Å². The Morgan fingerprint density at radius 3 is 2.08 bits per heavy atom. The first-order chi connectivity index (χ1) is 5.61. The molecule has 2 radical (unpaired) electrons. The van der Waals surface area contributed by atoms with Crippen LogP contribution in [-0.4, -0.2) is 43.3 Å². The molecule has 0 fully saturated rings. The van der Waals surface area contributed by atoms with E-state index >= 15 is 0 Å². The van der Waals surface area contributed by atoms with Crippen LogP contribution in [0.3, 0.4) is 0 Å². The predicted molar refractivity (Wildman–Crippen MR) is 48.6 cm³/mol.